The van der Waals surface area contributed by atoms with E-state index < -0.39 is 23.2 Å². The summed E-state index contributed by atoms with van der Waals surface area (Å²) in [5, 5.41) is -0.0742. The predicted octanol–water partition coefficient (Wildman–Crippen LogP) is 4.05. The number of ether oxygens (including phenoxy) is 1. The summed E-state index contributed by atoms with van der Waals surface area (Å²) in [4.78, 5) is 0. The van der Waals surface area contributed by atoms with Crippen LogP contribution in [0.5, 0.6) is 11.5 Å². The molecule has 0 aliphatic heterocycles. The zero-order chi connectivity index (χ0) is 14.7. The first-order valence-corrected chi connectivity index (χ1v) is 6.20. The molecule has 106 valence electrons. The average Bonchev–Trinajstić information content (AvgIpc) is 2.36. The second-order valence-corrected chi connectivity index (χ2v) is 4.51. The van der Waals surface area contributed by atoms with Gasteiger partial charge in [0.05, 0.1) is 5.02 Å². The van der Waals surface area contributed by atoms with Gasteiger partial charge >= 0.3 is 0 Å². The minimum absolute atomic E-state index is 0.0301. The van der Waals surface area contributed by atoms with Gasteiger partial charge in [0.15, 0.2) is 17.4 Å². The Morgan fingerprint density at radius 1 is 1.05 bits per heavy atom. The third-order valence-corrected chi connectivity index (χ3v) is 2.89. The van der Waals surface area contributed by atoms with Crippen LogP contribution in [0.4, 0.5) is 13.2 Å². The summed E-state index contributed by atoms with van der Waals surface area (Å²) in [5.41, 5.74) is 5.76. The summed E-state index contributed by atoms with van der Waals surface area (Å²) in [6, 6.07) is 5.56. The summed E-state index contributed by atoms with van der Waals surface area (Å²) >= 11 is 5.74. The second kappa shape index (κ2) is 6.15. The van der Waals surface area contributed by atoms with Crippen molar-refractivity contribution < 1.29 is 17.9 Å². The lowest BCUT2D eigenvalue weighted by Gasteiger charge is -2.10. The first-order chi connectivity index (χ1) is 9.51. The summed E-state index contributed by atoms with van der Waals surface area (Å²) in [6.45, 7) is 0.281. The highest BCUT2D eigenvalue weighted by Gasteiger charge is 2.15. The lowest BCUT2D eigenvalue weighted by molar-refractivity contribution is 0.406. The van der Waals surface area contributed by atoms with Gasteiger partial charge in [0.2, 0.25) is 0 Å². The molecule has 0 unspecified atom stereocenters. The highest BCUT2D eigenvalue weighted by Crippen LogP contribution is 2.33. The summed E-state index contributed by atoms with van der Waals surface area (Å²) in [5.74, 6) is -2.92. The fourth-order valence-corrected chi connectivity index (χ4v) is 1.89. The minimum Gasteiger partial charge on any atom is -0.450 e. The van der Waals surface area contributed by atoms with E-state index in [2.05, 4.69) is 0 Å². The van der Waals surface area contributed by atoms with Crippen LogP contribution in [0, 0.1) is 17.5 Å². The van der Waals surface area contributed by atoms with Gasteiger partial charge in [-0.05, 0) is 48.9 Å². The van der Waals surface area contributed by atoms with Crippen molar-refractivity contribution in [3.63, 3.8) is 0 Å². The quantitative estimate of drug-likeness (QED) is 0.924. The molecule has 6 heteroatoms. The molecule has 0 heterocycles. The van der Waals surface area contributed by atoms with Crippen molar-refractivity contribution >= 4 is 11.6 Å². The van der Waals surface area contributed by atoms with Crippen molar-refractivity contribution in [1.29, 1.82) is 0 Å². The molecular weight excluding hydrogens is 291 g/mol. The molecule has 2 aromatic carbocycles. The normalized spacial score (nSPS) is 10.7. The Morgan fingerprint density at radius 2 is 1.70 bits per heavy atom. The summed E-state index contributed by atoms with van der Waals surface area (Å²) in [6.07, 6.45) is 0.353. The molecule has 2 rings (SSSR count). The van der Waals surface area contributed by atoms with E-state index in [4.69, 9.17) is 22.1 Å². The summed E-state index contributed by atoms with van der Waals surface area (Å²) in [7, 11) is 0. The fourth-order valence-electron chi connectivity index (χ4n) is 1.69. The van der Waals surface area contributed by atoms with Gasteiger partial charge in [-0.3, -0.25) is 0 Å². The monoisotopic (exact) mass is 301 g/mol. The van der Waals surface area contributed by atoms with E-state index in [1.807, 2.05) is 0 Å². The Labute approximate surface area is 118 Å². The molecule has 0 radical (unpaired) electrons. The number of benzene rings is 2. The number of hydrogen-bond donors (Lipinski definition) is 1. The van der Waals surface area contributed by atoms with Gasteiger partial charge in [0.1, 0.15) is 11.6 Å². The van der Waals surface area contributed by atoms with Crippen molar-refractivity contribution in [2.45, 2.75) is 6.42 Å². The zero-order valence-corrected chi connectivity index (χ0v) is 11.1. The van der Waals surface area contributed by atoms with Gasteiger partial charge in [-0.1, -0.05) is 11.6 Å². The van der Waals surface area contributed by atoms with Crippen molar-refractivity contribution in [2.24, 2.45) is 5.73 Å². The van der Waals surface area contributed by atoms with Crippen LogP contribution in [0.25, 0.3) is 0 Å². The standard InChI is InChI=1S/C14H11ClF3NO/c15-10-7-9(16)1-2-13(10)20-14-11(17)5-8(3-4-19)6-12(14)18/h1-2,5-7H,3-4,19H2. The van der Waals surface area contributed by atoms with Crippen LogP contribution >= 0.6 is 11.6 Å². The Bertz CT molecular complexity index is 611. The van der Waals surface area contributed by atoms with E-state index in [9.17, 15) is 13.2 Å². The predicted molar refractivity (Wildman–Crippen MR) is 70.6 cm³/mol. The maximum absolute atomic E-state index is 13.8. The molecule has 0 bridgehead atoms. The minimum atomic E-state index is -0.867. The van der Waals surface area contributed by atoms with Gasteiger partial charge in [-0.15, -0.1) is 0 Å². The van der Waals surface area contributed by atoms with E-state index in [0.29, 0.717) is 12.0 Å². The van der Waals surface area contributed by atoms with Crippen LogP contribution in [0.3, 0.4) is 0 Å². The zero-order valence-electron chi connectivity index (χ0n) is 10.3. The number of rotatable bonds is 4. The van der Waals surface area contributed by atoms with E-state index in [0.717, 1.165) is 24.3 Å². The number of halogens is 4. The van der Waals surface area contributed by atoms with Crippen LogP contribution in [-0.4, -0.2) is 6.54 Å². The van der Waals surface area contributed by atoms with Crippen LogP contribution in [0.1, 0.15) is 5.56 Å². The lowest BCUT2D eigenvalue weighted by Crippen LogP contribution is -2.04. The Balaban J connectivity index is 2.33. The SMILES string of the molecule is NCCc1cc(F)c(Oc2ccc(F)cc2Cl)c(F)c1. The van der Waals surface area contributed by atoms with Crippen LogP contribution in [0.15, 0.2) is 30.3 Å². The van der Waals surface area contributed by atoms with Crippen molar-refractivity contribution in [2.75, 3.05) is 6.54 Å². The van der Waals surface area contributed by atoms with Crippen LogP contribution in [0.2, 0.25) is 5.02 Å². The molecule has 0 amide bonds. The van der Waals surface area contributed by atoms with E-state index in [-0.39, 0.29) is 17.3 Å². The average molecular weight is 302 g/mol. The van der Waals surface area contributed by atoms with E-state index in [1.165, 1.54) is 6.07 Å². The van der Waals surface area contributed by atoms with Gasteiger partial charge in [0.25, 0.3) is 0 Å². The number of hydrogen-bond acceptors (Lipinski definition) is 2. The molecule has 0 aliphatic carbocycles. The third-order valence-electron chi connectivity index (χ3n) is 2.60. The van der Waals surface area contributed by atoms with Crippen LogP contribution < -0.4 is 10.5 Å². The first-order valence-electron chi connectivity index (χ1n) is 5.82. The van der Waals surface area contributed by atoms with E-state index >= 15 is 0 Å². The fraction of sp³-hybridized carbons (Fsp3) is 0.143. The molecule has 0 spiro atoms. The smallest absolute Gasteiger partial charge is 0.198 e. The van der Waals surface area contributed by atoms with Gasteiger partial charge in [-0.25, -0.2) is 13.2 Å². The molecule has 0 saturated carbocycles. The highest BCUT2D eigenvalue weighted by molar-refractivity contribution is 6.32. The Morgan fingerprint density at radius 3 is 2.25 bits per heavy atom. The second-order valence-electron chi connectivity index (χ2n) is 4.10. The molecule has 0 aromatic heterocycles. The maximum Gasteiger partial charge on any atom is 0.198 e. The first kappa shape index (κ1) is 14.7. The topological polar surface area (TPSA) is 35.2 Å². The summed E-state index contributed by atoms with van der Waals surface area (Å²) < 4.78 is 45.6. The molecule has 2 N–H and O–H groups in total. The molecule has 20 heavy (non-hydrogen) atoms. The molecular formula is C14H11ClF3NO. The highest BCUT2D eigenvalue weighted by atomic mass is 35.5. The largest absolute Gasteiger partial charge is 0.450 e. The Hall–Kier alpha value is -1.72. The maximum atomic E-state index is 13.8. The van der Waals surface area contributed by atoms with Crippen LogP contribution in [-0.2, 0) is 6.42 Å². The van der Waals surface area contributed by atoms with Gasteiger partial charge in [-0.2, -0.15) is 0 Å². The van der Waals surface area contributed by atoms with Gasteiger partial charge in [0, 0.05) is 0 Å². The van der Waals surface area contributed by atoms with Crippen molar-refractivity contribution in [1.82, 2.24) is 0 Å². The van der Waals surface area contributed by atoms with E-state index in [1.54, 1.807) is 0 Å². The molecule has 0 aliphatic rings. The lowest BCUT2D eigenvalue weighted by atomic mass is 10.1. The molecule has 2 aromatic rings. The number of nitrogens with two attached hydrogens (primary N) is 1. The third kappa shape index (κ3) is 3.23. The van der Waals surface area contributed by atoms with Gasteiger partial charge < -0.3 is 10.5 Å². The molecule has 0 saturated heterocycles. The molecule has 2 nitrogen and oxygen atoms in total. The van der Waals surface area contributed by atoms with Crippen molar-refractivity contribution in [3.05, 3.63) is 58.4 Å². The van der Waals surface area contributed by atoms with Crippen molar-refractivity contribution in [3.8, 4) is 11.5 Å². The Kier molecular flexibility index (Phi) is 4.52. The molecule has 0 fully saturated rings. The molecule has 0 atom stereocenters.